The van der Waals surface area contributed by atoms with Gasteiger partial charge in [0.25, 0.3) is 0 Å². The highest BCUT2D eigenvalue weighted by molar-refractivity contribution is 5.50. The van der Waals surface area contributed by atoms with Crippen molar-refractivity contribution in [2.45, 2.75) is 38.8 Å². The van der Waals surface area contributed by atoms with Gasteiger partial charge in [-0.3, -0.25) is 4.68 Å². The first-order valence-corrected chi connectivity index (χ1v) is 7.34. The number of hydrogen-bond donors (Lipinski definition) is 1. The molecular formula is C14H24N4O. The molecule has 2 heterocycles. The number of rotatable bonds is 4. The van der Waals surface area contributed by atoms with Crippen molar-refractivity contribution in [1.29, 1.82) is 0 Å². The van der Waals surface area contributed by atoms with Crippen molar-refractivity contribution in [3.05, 3.63) is 11.3 Å². The van der Waals surface area contributed by atoms with E-state index in [9.17, 15) is 0 Å². The monoisotopic (exact) mass is 264 g/mol. The lowest BCUT2D eigenvalue weighted by atomic mass is 10.2. The first-order valence-electron chi connectivity index (χ1n) is 7.34. The molecule has 5 heteroatoms. The zero-order valence-corrected chi connectivity index (χ0v) is 12.0. The van der Waals surface area contributed by atoms with Crippen LogP contribution in [0.25, 0.3) is 0 Å². The van der Waals surface area contributed by atoms with Crippen LogP contribution in [0.3, 0.4) is 0 Å². The minimum atomic E-state index is 0.736. The molecule has 1 aliphatic carbocycles. The fraction of sp³-hybridized carbons (Fsp3) is 0.786. The van der Waals surface area contributed by atoms with Crippen molar-refractivity contribution in [2.24, 2.45) is 7.05 Å². The van der Waals surface area contributed by atoms with Crippen LogP contribution in [0.15, 0.2) is 0 Å². The minimum absolute atomic E-state index is 0.736. The maximum atomic E-state index is 5.55. The van der Waals surface area contributed by atoms with E-state index < -0.39 is 0 Å². The Morgan fingerprint density at radius 2 is 2.16 bits per heavy atom. The van der Waals surface area contributed by atoms with Crippen LogP contribution in [0.4, 0.5) is 5.82 Å². The van der Waals surface area contributed by atoms with Gasteiger partial charge >= 0.3 is 0 Å². The number of nitrogens with zero attached hydrogens (tertiary/aromatic N) is 3. The van der Waals surface area contributed by atoms with Gasteiger partial charge in [0.05, 0.1) is 12.3 Å². The third kappa shape index (κ3) is 2.92. The average molecular weight is 264 g/mol. The molecule has 19 heavy (non-hydrogen) atoms. The van der Waals surface area contributed by atoms with E-state index in [4.69, 9.17) is 4.74 Å². The summed E-state index contributed by atoms with van der Waals surface area (Å²) in [5, 5.41) is 8.22. The number of nitrogens with one attached hydrogen (secondary N) is 1. The van der Waals surface area contributed by atoms with E-state index in [1.807, 2.05) is 4.68 Å². The van der Waals surface area contributed by atoms with Crippen LogP contribution in [0.1, 0.15) is 30.5 Å². The van der Waals surface area contributed by atoms with Crippen LogP contribution < -0.4 is 10.2 Å². The van der Waals surface area contributed by atoms with Crippen LogP contribution in [0, 0.1) is 6.92 Å². The predicted octanol–water partition coefficient (Wildman–Crippen LogP) is 1.21. The number of ether oxygens (including phenoxy) is 1. The lowest BCUT2D eigenvalue weighted by molar-refractivity contribution is 0.152. The third-order valence-corrected chi connectivity index (χ3v) is 3.98. The zero-order valence-electron chi connectivity index (χ0n) is 12.0. The molecule has 0 atom stereocenters. The van der Waals surface area contributed by atoms with Crippen molar-refractivity contribution < 1.29 is 4.74 Å². The van der Waals surface area contributed by atoms with Gasteiger partial charge in [0.2, 0.25) is 0 Å². The molecule has 1 saturated carbocycles. The number of anilines is 1. The van der Waals surface area contributed by atoms with Crippen molar-refractivity contribution in [3.8, 4) is 0 Å². The summed E-state index contributed by atoms with van der Waals surface area (Å²) in [5.41, 5.74) is 2.51. The summed E-state index contributed by atoms with van der Waals surface area (Å²) in [5.74, 6) is 1.27. The quantitative estimate of drug-likeness (QED) is 0.887. The van der Waals surface area contributed by atoms with Gasteiger partial charge < -0.3 is 15.0 Å². The Balaban J connectivity index is 1.80. The number of aryl methyl sites for hydroxylation is 2. The molecule has 1 N–H and O–H groups in total. The van der Waals surface area contributed by atoms with Gasteiger partial charge in [0.15, 0.2) is 0 Å². The van der Waals surface area contributed by atoms with Crippen molar-refractivity contribution >= 4 is 5.82 Å². The average Bonchev–Trinajstić information content (AvgIpc) is 3.18. The Bertz CT molecular complexity index is 431. The lowest BCUT2D eigenvalue weighted by Crippen LogP contribution is -2.29. The summed E-state index contributed by atoms with van der Waals surface area (Å²) in [6.07, 6.45) is 3.75. The van der Waals surface area contributed by atoms with Crippen LogP contribution in [0.5, 0.6) is 0 Å². The summed E-state index contributed by atoms with van der Waals surface area (Å²) in [6, 6.07) is 0.736. The second-order valence-corrected chi connectivity index (χ2v) is 5.62. The topological polar surface area (TPSA) is 42.3 Å². The van der Waals surface area contributed by atoms with Gasteiger partial charge in [-0.15, -0.1) is 0 Å². The van der Waals surface area contributed by atoms with Crippen molar-refractivity contribution in [3.63, 3.8) is 0 Å². The van der Waals surface area contributed by atoms with E-state index in [0.29, 0.717) is 0 Å². The minimum Gasteiger partial charge on any atom is -0.380 e. The first-order chi connectivity index (χ1) is 9.25. The smallest absolute Gasteiger partial charge is 0.131 e. The van der Waals surface area contributed by atoms with Gasteiger partial charge in [0.1, 0.15) is 5.82 Å². The maximum absolute atomic E-state index is 5.55. The summed E-state index contributed by atoms with van der Waals surface area (Å²) < 4.78 is 7.59. The largest absolute Gasteiger partial charge is 0.380 e. The molecular weight excluding hydrogens is 240 g/mol. The zero-order chi connectivity index (χ0) is 13.2. The van der Waals surface area contributed by atoms with E-state index in [-0.39, 0.29) is 0 Å². The molecule has 2 aliphatic rings. The van der Waals surface area contributed by atoms with Crippen molar-refractivity contribution in [1.82, 2.24) is 15.1 Å². The second-order valence-electron chi connectivity index (χ2n) is 5.62. The molecule has 2 fully saturated rings. The molecule has 3 rings (SSSR count). The van der Waals surface area contributed by atoms with E-state index in [2.05, 4.69) is 29.3 Å². The van der Waals surface area contributed by atoms with Gasteiger partial charge in [-0.25, -0.2) is 0 Å². The third-order valence-electron chi connectivity index (χ3n) is 3.98. The van der Waals surface area contributed by atoms with Crippen LogP contribution in [0.2, 0.25) is 0 Å². The molecule has 0 radical (unpaired) electrons. The van der Waals surface area contributed by atoms with Gasteiger partial charge in [-0.2, -0.15) is 5.10 Å². The lowest BCUT2D eigenvalue weighted by Gasteiger charge is -2.23. The molecule has 0 unspecified atom stereocenters. The highest BCUT2D eigenvalue weighted by atomic mass is 16.5. The molecule has 1 aromatic rings. The normalized spacial score (nSPS) is 20.6. The Hall–Kier alpha value is -1.07. The Kier molecular flexibility index (Phi) is 3.75. The van der Waals surface area contributed by atoms with E-state index in [1.165, 1.54) is 24.2 Å². The standard InChI is InChI=1S/C14H24N4O/c1-11-13(10-15-12-4-5-12)14(17(2)16-11)18-6-3-8-19-9-7-18/h12,15H,3-10H2,1-2H3. The van der Waals surface area contributed by atoms with Crippen LogP contribution in [-0.4, -0.2) is 42.1 Å². The van der Waals surface area contributed by atoms with E-state index in [1.54, 1.807) is 0 Å². The molecule has 0 amide bonds. The molecule has 0 bridgehead atoms. The highest BCUT2D eigenvalue weighted by Crippen LogP contribution is 2.26. The summed E-state index contributed by atoms with van der Waals surface area (Å²) >= 11 is 0. The Labute approximate surface area is 114 Å². The molecule has 106 valence electrons. The molecule has 1 aliphatic heterocycles. The summed E-state index contributed by atoms with van der Waals surface area (Å²) in [6.45, 7) is 6.78. The summed E-state index contributed by atoms with van der Waals surface area (Å²) in [4.78, 5) is 2.43. The van der Waals surface area contributed by atoms with Crippen LogP contribution in [-0.2, 0) is 18.3 Å². The molecule has 1 saturated heterocycles. The van der Waals surface area contributed by atoms with Crippen LogP contribution >= 0.6 is 0 Å². The summed E-state index contributed by atoms with van der Waals surface area (Å²) in [7, 11) is 2.05. The first kappa shape index (κ1) is 12.9. The van der Waals surface area contributed by atoms with Gasteiger partial charge in [0, 0.05) is 44.9 Å². The molecule has 0 spiro atoms. The molecule has 5 nitrogen and oxygen atoms in total. The van der Waals surface area contributed by atoms with Gasteiger partial charge in [-0.05, 0) is 26.2 Å². The van der Waals surface area contributed by atoms with Gasteiger partial charge in [-0.1, -0.05) is 0 Å². The van der Waals surface area contributed by atoms with E-state index >= 15 is 0 Å². The Morgan fingerprint density at radius 3 is 2.95 bits per heavy atom. The van der Waals surface area contributed by atoms with Crippen molar-refractivity contribution in [2.75, 3.05) is 31.2 Å². The Morgan fingerprint density at radius 1 is 1.32 bits per heavy atom. The maximum Gasteiger partial charge on any atom is 0.131 e. The fourth-order valence-electron chi connectivity index (χ4n) is 2.78. The van der Waals surface area contributed by atoms with E-state index in [0.717, 1.165) is 51.0 Å². The fourth-order valence-corrected chi connectivity index (χ4v) is 2.78. The molecule has 0 aromatic carbocycles. The predicted molar refractivity (Wildman–Crippen MR) is 75.5 cm³/mol. The highest BCUT2D eigenvalue weighted by Gasteiger charge is 2.24. The number of hydrogen-bond acceptors (Lipinski definition) is 4. The molecule has 1 aromatic heterocycles. The SMILES string of the molecule is Cc1nn(C)c(N2CCCOCC2)c1CNC1CC1. The number of aromatic nitrogens is 2. The second kappa shape index (κ2) is 5.51.